The van der Waals surface area contributed by atoms with Crippen molar-refractivity contribution in [3.63, 3.8) is 0 Å². The summed E-state index contributed by atoms with van der Waals surface area (Å²) >= 11 is 0. The van der Waals surface area contributed by atoms with Crippen LogP contribution in [0.3, 0.4) is 0 Å². The van der Waals surface area contributed by atoms with Gasteiger partial charge in [-0.3, -0.25) is 13.9 Å². The number of nitrogens with zero attached hydrogens (tertiary/aromatic N) is 2. The topological polar surface area (TPSA) is 105 Å². The number of sulfonamides is 1. The molecule has 0 radical (unpaired) electrons. The Balaban J connectivity index is 1.74. The molecule has 1 atom stereocenters. The standard InChI is InChI=1S/C31H37N3O6S/c1-4-32-31(36)27(19-24-12-7-6-8-13-24)33(21-25-14-10-9-11-23(25)3)30(35)22-34(41(37,38)5-2)26-15-16-28-29(20-26)40-18-17-39-28/h6-16,20,27H,4-5,17-19,21-22H2,1-3H3,(H,32,36)/t27-/m1/s1. The molecule has 0 spiro atoms. The summed E-state index contributed by atoms with van der Waals surface area (Å²) in [6.45, 7) is 6.09. The summed E-state index contributed by atoms with van der Waals surface area (Å²) in [6.07, 6.45) is 0.273. The molecule has 0 unspecified atom stereocenters. The summed E-state index contributed by atoms with van der Waals surface area (Å²) in [5, 5.41) is 2.87. The molecule has 1 aliphatic heterocycles. The maximum absolute atomic E-state index is 14.2. The highest BCUT2D eigenvalue weighted by molar-refractivity contribution is 7.92. The Hall–Kier alpha value is -4.05. The summed E-state index contributed by atoms with van der Waals surface area (Å²) < 4.78 is 39.0. The van der Waals surface area contributed by atoms with Gasteiger partial charge < -0.3 is 19.7 Å². The number of hydrogen-bond acceptors (Lipinski definition) is 6. The minimum atomic E-state index is -3.88. The van der Waals surface area contributed by atoms with Crippen molar-refractivity contribution in [2.45, 2.75) is 39.8 Å². The summed E-state index contributed by atoms with van der Waals surface area (Å²) in [4.78, 5) is 29.2. The van der Waals surface area contributed by atoms with Gasteiger partial charge in [-0.15, -0.1) is 0 Å². The maximum atomic E-state index is 14.2. The van der Waals surface area contributed by atoms with Crippen molar-refractivity contribution in [2.75, 3.05) is 36.4 Å². The lowest BCUT2D eigenvalue weighted by Crippen LogP contribution is -2.53. The fraction of sp³-hybridized carbons (Fsp3) is 0.355. The fourth-order valence-electron chi connectivity index (χ4n) is 4.72. The molecule has 41 heavy (non-hydrogen) atoms. The summed E-state index contributed by atoms with van der Waals surface area (Å²) in [7, 11) is -3.88. The number of hydrogen-bond donors (Lipinski definition) is 1. The van der Waals surface area contributed by atoms with Crippen molar-refractivity contribution in [1.29, 1.82) is 0 Å². The van der Waals surface area contributed by atoms with Gasteiger partial charge in [0.25, 0.3) is 0 Å². The Morgan fingerprint density at radius 3 is 2.29 bits per heavy atom. The van der Waals surface area contributed by atoms with Gasteiger partial charge in [-0.25, -0.2) is 8.42 Å². The number of ether oxygens (including phenoxy) is 2. The van der Waals surface area contributed by atoms with Crippen molar-refractivity contribution < 1.29 is 27.5 Å². The van der Waals surface area contributed by atoms with E-state index in [1.54, 1.807) is 18.2 Å². The number of rotatable bonds is 12. The van der Waals surface area contributed by atoms with E-state index >= 15 is 0 Å². The third-order valence-corrected chi connectivity index (χ3v) is 8.76. The molecule has 1 heterocycles. The highest BCUT2D eigenvalue weighted by Gasteiger charge is 2.34. The first-order valence-corrected chi connectivity index (χ1v) is 15.4. The van der Waals surface area contributed by atoms with E-state index in [1.165, 1.54) is 11.8 Å². The lowest BCUT2D eigenvalue weighted by molar-refractivity contribution is -0.140. The quantitative estimate of drug-likeness (QED) is 0.351. The maximum Gasteiger partial charge on any atom is 0.244 e. The van der Waals surface area contributed by atoms with Gasteiger partial charge in [0.15, 0.2) is 11.5 Å². The average molecular weight is 580 g/mol. The van der Waals surface area contributed by atoms with Gasteiger partial charge in [0.05, 0.1) is 11.4 Å². The number of fused-ring (bicyclic) bond motifs is 1. The van der Waals surface area contributed by atoms with E-state index in [2.05, 4.69) is 5.32 Å². The zero-order valence-corrected chi connectivity index (χ0v) is 24.5. The minimum absolute atomic E-state index is 0.140. The van der Waals surface area contributed by atoms with Crippen LogP contribution in [0.1, 0.15) is 30.5 Å². The molecule has 0 fully saturated rings. The molecule has 10 heteroatoms. The van der Waals surface area contributed by atoms with Crippen LogP contribution in [0.2, 0.25) is 0 Å². The second kappa shape index (κ2) is 13.5. The average Bonchev–Trinajstić information content (AvgIpc) is 2.98. The largest absolute Gasteiger partial charge is 0.486 e. The zero-order chi connectivity index (χ0) is 29.4. The highest BCUT2D eigenvalue weighted by atomic mass is 32.2. The number of amides is 2. The first-order valence-electron chi connectivity index (χ1n) is 13.8. The molecule has 0 bridgehead atoms. The minimum Gasteiger partial charge on any atom is -0.486 e. The van der Waals surface area contributed by atoms with Crippen molar-refractivity contribution in [3.8, 4) is 11.5 Å². The van der Waals surface area contributed by atoms with Crippen LogP contribution in [0.15, 0.2) is 72.8 Å². The smallest absolute Gasteiger partial charge is 0.244 e. The second-order valence-electron chi connectivity index (χ2n) is 9.78. The molecule has 0 saturated carbocycles. The number of likely N-dealkylation sites (N-methyl/N-ethyl adjacent to an activating group) is 1. The molecule has 3 aromatic carbocycles. The van der Waals surface area contributed by atoms with Crippen molar-refractivity contribution >= 4 is 27.5 Å². The van der Waals surface area contributed by atoms with E-state index in [0.717, 1.165) is 21.0 Å². The summed E-state index contributed by atoms with van der Waals surface area (Å²) in [5.41, 5.74) is 3.01. The molecule has 2 amide bonds. The van der Waals surface area contributed by atoms with Crippen LogP contribution in [0.25, 0.3) is 0 Å². The lowest BCUT2D eigenvalue weighted by atomic mass is 10.0. The number of nitrogens with one attached hydrogen (secondary N) is 1. The van der Waals surface area contributed by atoms with Crippen LogP contribution in [0, 0.1) is 6.92 Å². The predicted octanol–water partition coefficient (Wildman–Crippen LogP) is 3.70. The Labute approximate surface area is 242 Å². The normalized spacial score (nSPS) is 13.2. The van der Waals surface area contributed by atoms with Gasteiger partial charge in [-0.1, -0.05) is 54.6 Å². The second-order valence-corrected chi connectivity index (χ2v) is 12.0. The first-order chi connectivity index (χ1) is 19.7. The molecular weight excluding hydrogens is 542 g/mol. The van der Waals surface area contributed by atoms with Crippen LogP contribution < -0.4 is 19.1 Å². The Morgan fingerprint density at radius 1 is 0.927 bits per heavy atom. The number of anilines is 1. The van der Waals surface area contributed by atoms with Gasteiger partial charge in [0.1, 0.15) is 25.8 Å². The van der Waals surface area contributed by atoms with E-state index < -0.39 is 28.5 Å². The number of carbonyl (C=O) groups excluding carboxylic acids is 2. The number of benzene rings is 3. The fourth-order valence-corrected chi connectivity index (χ4v) is 5.78. The molecule has 4 rings (SSSR count). The van der Waals surface area contributed by atoms with Crippen LogP contribution >= 0.6 is 0 Å². The van der Waals surface area contributed by atoms with Crippen LogP contribution in [-0.2, 0) is 32.6 Å². The first kappa shape index (κ1) is 29.9. The summed E-state index contributed by atoms with van der Waals surface area (Å²) in [5.74, 6) is -0.0788. The zero-order valence-electron chi connectivity index (χ0n) is 23.7. The molecule has 0 aromatic heterocycles. The van der Waals surface area contributed by atoms with Gasteiger partial charge in [-0.2, -0.15) is 0 Å². The third-order valence-electron chi connectivity index (χ3n) is 7.02. The van der Waals surface area contributed by atoms with Gasteiger partial charge in [-0.05, 0) is 49.6 Å². The molecule has 0 aliphatic carbocycles. The highest BCUT2D eigenvalue weighted by Crippen LogP contribution is 2.35. The van der Waals surface area contributed by atoms with E-state index in [-0.39, 0.29) is 30.3 Å². The van der Waals surface area contributed by atoms with Gasteiger partial charge >= 0.3 is 0 Å². The van der Waals surface area contributed by atoms with E-state index in [4.69, 9.17) is 9.47 Å². The monoisotopic (exact) mass is 579 g/mol. The van der Waals surface area contributed by atoms with Crippen LogP contribution in [-0.4, -0.2) is 63.2 Å². The molecular formula is C31H37N3O6S. The SMILES string of the molecule is CCNC(=O)[C@@H](Cc1ccccc1)N(Cc1ccccc1C)C(=O)CN(c1ccc2c(c1)OCCO2)S(=O)(=O)CC. The van der Waals surface area contributed by atoms with E-state index in [1.807, 2.05) is 68.4 Å². The molecule has 1 aliphatic rings. The van der Waals surface area contributed by atoms with E-state index in [0.29, 0.717) is 31.3 Å². The molecule has 9 nitrogen and oxygen atoms in total. The van der Waals surface area contributed by atoms with Crippen LogP contribution in [0.4, 0.5) is 5.69 Å². The van der Waals surface area contributed by atoms with Gasteiger partial charge in [0, 0.05) is 25.6 Å². The van der Waals surface area contributed by atoms with Crippen molar-refractivity contribution in [2.24, 2.45) is 0 Å². The van der Waals surface area contributed by atoms with E-state index in [9.17, 15) is 18.0 Å². The Bertz CT molecular complexity index is 1460. The Morgan fingerprint density at radius 2 is 1.61 bits per heavy atom. The van der Waals surface area contributed by atoms with Crippen molar-refractivity contribution in [1.82, 2.24) is 10.2 Å². The Kier molecular flexibility index (Phi) is 9.88. The molecule has 0 saturated heterocycles. The molecule has 1 N–H and O–H groups in total. The number of aryl methyl sites for hydroxylation is 1. The van der Waals surface area contributed by atoms with Crippen molar-refractivity contribution in [3.05, 3.63) is 89.5 Å². The predicted molar refractivity (Wildman–Crippen MR) is 159 cm³/mol. The molecule has 218 valence electrons. The van der Waals surface area contributed by atoms with Crippen LogP contribution in [0.5, 0.6) is 11.5 Å². The number of carbonyl (C=O) groups is 2. The summed E-state index contributed by atoms with van der Waals surface area (Å²) in [6, 6.07) is 21.1. The lowest BCUT2D eigenvalue weighted by Gasteiger charge is -2.34. The van der Waals surface area contributed by atoms with Gasteiger partial charge in [0.2, 0.25) is 21.8 Å². The molecule has 3 aromatic rings. The third kappa shape index (κ3) is 7.38.